The van der Waals surface area contributed by atoms with Crippen LogP contribution in [-0.4, -0.2) is 52.7 Å². The average Bonchev–Trinajstić information content (AvgIpc) is 2.77. The number of esters is 1. The van der Waals surface area contributed by atoms with Gasteiger partial charge >= 0.3 is 5.97 Å². The van der Waals surface area contributed by atoms with Crippen LogP contribution in [0.15, 0.2) is 52.3 Å². The highest BCUT2D eigenvalue weighted by Gasteiger charge is 2.17. The molecule has 0 spiro atoms. The highest BCUT2D eigenvalue weighted by Crippen LogP contribution is 2.26. The van der Waals surface area contributed by atoms with Gasteiger partial charge in [-0.05, 0) is 66.8 Å². The molecule has 0 aliphatic carbocycles. The van der Waals surface area contributed by atoms with E-state index in [2.05, 4.69) is 30.8 Å². The lowest BCUT2D eigenvalue weighted by Gasteiger charge is -2.19. The second-order valence-electron chi connectivity index (χ2n) is 8.84. The van der Waals surface area contributed by atoms with Gasteiger partial charge in [0.05, 0.1) is 23.5 Å². The second kappa shape index (κ2) is 12.4. The van der Waals surface area contributed by atoms with E-state index in [1.807, 2.05) is 37.3 Å². The summed E-state index contributed by atoms with van der Waals surface area (Å²) in [7, 11) is -1.90. The summed E-state index contributed by atoms with van der Waals surface area (Å²) in [4.78, 5) is 12.7. The Kier molecular flexibility index (Phi) is 10.3. The molecule has 2 rings (SSSR count). The SMILES string of the molecule is COC(=O)CSc1ccc(OCCNCCCS(=O)(=O)c2ccc(C(C)(C)C)cc2)cc1C. The molecule has 1 N–H and O–H groups in total. The summed E-state index contributed by atoms with van der Waals surface area (Å²) < 4.78 is 35.5. The van der Waals surface area contributed by atoms with Gasteiger partial charge in [-0.1, -0.05) is 32.9 Å². The van der Waals surface area contributed by atoms with Crippen LogP contribution in [0.4, 0.5) is 0 Å². The Morgan fingerprint density at radius 2 is 1.76 bits per heavy atom. The largest absolute Gasteiger partial charge is 0.492 e. The highest BCUT2D eigenvalue weighted by atomic mass is 32.2. The lowest BCUT2D eigenvalue weighted by atomic mass is 9.87. The summed E-state index contributed by atoms with van der Waals surface area (Å²) in [5, 5.41) is 3.23. The number of sulfone groups is 1. The molecule has 0 atom stereocenters. The molecule has 0 fully saturated rings. The van der Waals surface area contributed by atoms with Gasteiger partial charge in [0, 0.05) is 11.4 Å². The summed E-state index contributed by atoms with van der Waals surface area (Å²) in [6.45, 7) is 10.00. The Morgan fingerprint density at radius 3 is 2.36 bits per heavy atom. The van der Waals surface area contributed by atoms with Crippen molar-refractivity contribution in [1.29, 1.82) is 0 Å². The van der Waals surface area contributed by atoms with Crippen molar-refractivity contribution in [2.24, 2.45) is 0 Å². The van der Waals surface area contributed by atoms with Crippen molar-refractivity contribution in [3.63, 3.8) is 0 Å². The summed E-state index contributed by atoms with van der Waals surface area (Å²) in [6, 6.07) is 13.0. The molecule has 0 bridgehead atoms. The van der Waals surface area contributed by atoms with Crippen LogP contribution in [0.3, 0.4) is 0 Å². The van der Waals surface area contributed by atoms with E-state index in [1.165, 1.54) is 18.9 Å². The molecular formula is C25H35NO5S2. The molecule has 0 heterocycles. The normalized spacial score (nSPS) is 11.9. The summed E-state index contributed by atoms with van der Waals surface area (Å²) >= 11 is 1.44. The molecule has 0 aromatic heterocycles. The Hall–Kier alpha value is -2.03. The van der Waals surface area contributed by atoms with Crippen molar-refractivity contribution in [2.45, 2.75) is 49.3 Å². The quantitative estimate of drug-likeness (QED) is 0.267. The van der Waals surface area contributed by atoms with E-state index in [4.69, 9.17) is 4.74 Å². The van der Waals surface area contributed by atoms with Gasteiger partial charge in [0.1, 0.15) is 12.4 Å². The van der Waals surface area contributed by atoms with Crippen LogP contribution in [-0.2, 0) is 24.8 Å². The number of rotatable bonds is 12. The summed E-state index contributed by atoms with van der Waals surface area (Å²) in [5.41, 5.74) is 2.15. The van der Waals surface area contributed by atoms with Crippen LogP contribution in [0, 0.1) is 6.92 Å². The number of aryl methyl sites for hydroxylation is 1. The number of methoxy groups -OCH3 is 1. The van der Waals surface area contributed by atoms with Crippen LogP contribution in [0.2, 0.25) is 0 Å². The van der Waals surface area contributed by atoms with Crippen molar-refractivity contribution < 1.29 is 22.7 Å². The molecule has 0 saturated heterocycles. The van der Waals surface area contributed by atoms with Crippen LogP contribution < -0.4 is 10.1 Å². The molecule has 0 saturated carbocycles. The predicted molar refractivity (Wildman–Crippen MR) is 134 cm³/mol. The Labute approximate surface area is 202 Å². The first-order valence-corrected chi connectivity index (χ1v) is 13.6. The minimum absolute atomic E-state index is 0.00151. The number of carbonyl (C=O) groups excluding carboxylic acids is 1. The fraction of sp³-hybridized carbons (Fsp3) is 0.480. The van der Waals surface area contributed by atoms with Gasteiger partial charge in [-0.2, -0.15) is 0 Å². The first-order valence-electron chi connectivity index (χ1n) is 11.0. The Bertz CT molecular complexity index is 1010. The number of carbonyl (C=O) groups is 1. The minimum atomic E-state index is -3.28. The number of ether oxygens (including phenoxy) is 2. The first kappa shape index (κ1) is 27.2. The van der Waals surface area contributed by atoms with Gasteiger partial charge in [-0.25, -0.2) is 8.42 Å². The lowest BCUT2D eigenvalue weighted by molar-refractivity contribution is -0.137. The fourth-order valence-electron chi connectivity index (χ4n) is 3.10. The molecular weight excluding hydrogens is 458 g/mol. The monoisotopic (exact) mass is 493 g/mol. The van der Waals surface area contributed by atoms with Gasteiger partial charge in [-0.15, -0.1) is 11.8 Å². The third kappa shape index (κ3) is 9.02. The number of thioether (sulfide) groups is 1. The van der Waals surface area contributed by atoms with Gasteiger partial charge in [0.25, 0.3) is 0 Å². The van der Waals surface area contributed by atoms with Crippen LogP contribution in [0.1, 0.15) is 38.3 Å². The second-order valence-corrected chi connectivity index (χ2v) is 12.0. The predicted octanol–water partition coefficient (Wildman–Crippen LogP) is 4.39. The molecule has 0 amide bonds. The zero-order valence-electron chi connectivity index (χ0n) is 20.1. The maximum Gasteiger partial charge on any atom is 0.315 e. The average molecular weight is 494 g/mol. The minimum Gasteiger partial charge on any atom is -0.492 e. The standard InChI is InChI=1S/C25H35NO5S2/c1-19-17-21(9-12-23(19)32-18-24(27)30-5)31-15-14-26-13-6-16-33(28,29)22-10-7-20(8-11-22)25(2,3)4/h7-12,17,26H,6,13-16,18H2,1-5H3. The zero-order chi connectivity index (χ0) is 24.5. The topological polar surface area (TPSA) is 81.7 Å². The third-order valence-corrected chi connectivity index (χ3v) is 8.08. The van der Waals surface area contributed by atoms with Crippen molar-refractivity contribution in [3.05, 3.63) is 53.6 Å². The van der Waals surface area contributed by atoms with Gasteiger partial charge in [-0.3, -0.25) is 4.79 Å². The van der Waals surface area contributed by atoms with E-state index in [9.17, 15) is 13.2 Å². The van der Waals surface area contributed by atoms with E-state index in [1.54, 1.807) is 12.1 Å². The van der Waals surface area contributed by atoms with Gasteiger partial charge in [0.2, 0.25) is 0 Å². The van der Waals surface area contributed by atoms with Crippen molar-refractivity contribution in [3.8, 4) is 5.75 Å². The van der Waals surface area contributed by atoms with Crippen molar-refractivity contribution >= 4 is 27.6 Å². The molecule has 0 radical (unpaired) electrons. The van der Waals surface area contributed by atoms with E-state index in [0.29, 0.717) is 31.0 Å². The smallest absolute Gasteiger partial charge is 0.315 e. The van der Waals surface area contributed by atoms with Crippen LogP contribution in [0.25, 0.3) is 0 Å². The molecule has 2 aromatic rings. The molecule has 0 aliphatic rings. The third-order valence-electron chi connectivity index (χ3n) is 5.11. The van der Waals surface area contributed by atoms with Gasteiger partial charge < -0.3 is 14.8 Å². The fourth-order valence-corrected chi connectivity index (χ4v) is 5.26. The van der Waals surface area contributed by atoms with Gasteiger partial charge in [0.15, 0.2) is 9.84 Å². The molecule has 182 valence electrons. The lowest BCUT2D eigenvalue weighted by Crippen LogP contribution is -2.24. The van der Waals surface area contributed by atoms with Crippen LogP contribution in [0.5, 0.6) is 5.75 Å². The molecule has 2 aromatic carbocycles. The van der Waals surface area contributed by atoms with Crippen molar-refractivity contribution in [2.75, 3.05) is 38.3 Å². The number of hydrogen-bond acceptors (Lipinski definition) is 7. The molecule has 33 heavy (non-hydrogen) atoms. The van der Waals surface area contributed by atoms with Crippen LogP contribution >= 0.6 is 11.8 Å². The number of nitrogens with one attached hydrogen (secondary N) is 1. The maximum absolute atomic E-state index is 12.5. The van der Waals surface area contributed by atoms with Crippen molar-refractivity contribution in [1.82, 2.24) is 5.32 Å². The zero-order valence-corrected chi connectivity index (χ0v) is 21.8. The molecule has 0 unspecified atom stereocenters. The first-order chi connectivity index (χ1) is 15.5. The molecule has 6 nitrogen and oxygen atoms in total. The molecule has 0 aliphatic heterocycles. The number of benzene rings is 2. The Morgan fingerprint density at radius 1 is 1.06 bits per heavy atom. The Balaban J connectivity index is 1.68. The summed E-state index contributed by atoms with van der Waals surface area (Å²) in [6.07, 6.45) is 0.536. The van der Waals surface area contributed by atoms with E-state index in [0.717, 1.165) is 21.8 Å². The maximum atomic E-state index is 12.5. The number of hydrogen-bond donors (Lipinski definition) is 1. The van der Waals surface area contributed by atoms with E-state index < -0.39 is 9.84 Å². The van der Waals surface area contributed by atoms with E-state index >= 15 is 0 Å². The van der Waals surface area contributed by atoms with E-state index in [-0.39, 0.29) is 22.9 Å². The molecule has 8 heteroatoms. The summed E-state index contributed by atoms with van der Waals surface area (Å²) in [5.74, 6) is 0.897. The highest BCUT2D eigenvalue weighted by molar-refractivity contribution is 8.00.